The molecule has 0 aromatic rings. The fraction of sp³-hybridized carbons (Fsp3) is 1.00. The van der Waals surface area contributed by atoms with Crippen molar-refractivity contribution in [3.8, 4) is 0 Å². The summed E-state index contributed by atoms with van der Waals surface area (Å²) in [5.74, 6) is 0. The maximum absolute atomic E-state index is 5.32. The van der Waals surface area contributed by atoms with E-state index in [1.165, 1.54) is 44.9 Å². The number of hydrogen-bond acceptors (Lipinski definition) is 2. The molecule has 0 N–H and O–H groups in total. The molecule has 0 saturated carbocycles. The van der Waals surface area contributed by atoms with Gasteiger partial charge in [0.2, 0.25) is 0 Å². The Hall–Kier alpha value is -0.0800. The molecule has 0 aliphatic heterocycles. The highest BCUT2D eigenvalue weighted by Gasteiger charge is 2.15. The highest BCUT2D eigenvalue weighted by atomic mass is 16.5. The van der Waals surface area contributed by atoms with E-state index in [4.69, 9.17) is 9.47 Å². The van der Waals surface area contributed by atoms with Gasteiger partial charge in [0.05, 0.1) is 0 Å². The van der Waals surface area contributed by atoms with Crippen LogP contribution in [0.2, 0.25) is 0 Å². The van der Waals surface area contributed by atoms with Crippen molar-refractivity contribution in [1.82, 2.24) is 0 Å². The monoisotopic (exact) mass is 330 g/mol. The summed E-state index contributed by atoms with van der Waals surface area (Å²) in [4.78, 5) is 0. The largest absolute Gasteiger partial charge is 0.382 e. The fourth-order valence-corrected chi connectivity index (χ4v) is 2.48. The first-order valence-electron chi connectivity index (χ1n) is 9.84. The molecule has 0 radical (unpaired) electrons. The van der Waals surface area contributed by atoms with E-state index in [9.17, 15) is 0 Å². The normalized spacial score (nSPS) is 12.0. The van der Waals surface area contributed by atoms with Gasteiger partial charge in [-0.15, -0.1) is 0 Å². The molecular weight excluding hydrogens is 284 g/mol. The van der Waals surface area contributed by atoms with Gasteiger partial charge in [0, 0.05) is 26.4 Å². The van der Waals surface area contributed by atoms with Crippen molar-refractivity contribution >= 4 is 0 Å². The van der Waals surface area contributed by atoms with Crippen molar-refractivity contribution in [3.63, 3.8) is 0 Å². The van der Waals surface area contributed by atoms with Crippen LogP contribution in [0, 0.1) is 10.8 Å². The third kappa shape index (κ3) is 24.3. The van der Waals surface area contributed by atoms with Gasteiger partial charge in [-0.25, -0.2) is 0 Å². The van der Waals surface area contributed by atoms with Crippen LogP contribution in [0.15, 0.2) is 0 Å². The molecule has 0 spiro atoms. The molecule has 0 atom stereocenters. The van der Waals surface area contributed by atoms with Crippen LogP contribution in [0.25, 0.3) is 0 Å². The van der Waals surface area contributed by atoms with Crippen LogP contribution in [0.3, 0.4) is 0 Å². The Morgan fingerprint density at radius 2 is 1.17 bits per heavy atom. The van der Waals surface area contributed by atoms with Gasteiger partial charge < -0.3 is 9.47 Å². The minimum atomic E-state index is 0.476. The van der Waals surface area contributed by atoms with Crippen LogP contribution in [0.4, 0.5) is 0 Å². The van der Waals surface area contributed by atoms with Gasteiger partial charge in [-0.05, 0) is 50.4 Å². The van der Waals surface area contributed by atoms with Crippen molar-refractivity contribution in [2.75, 3.05) is 26.4 Å². The van der Waals surface area contributed by atoms with E-state index >= 15 is 0 Å². The molecular formula is C21H46O2. The zero-order valence-corrected chi connectivity index (χ0v) is 17.6. The molecule has 0 rings (SSSR count). The molecule has 2 nitrogen and oxygen atoms in total. The molecule has 23 heavy (non-hydrogen) atoms. The smallest absolute Gasteiger partial charge is 0.0470 e. The van der Waals surface area contributed by atoms with Crippen molar-refractivity contribution in [3.05, 3.63) is 0 Å². The second-order valence-electron chi connectivity index (χ2n) is 8.43. The zero-order chi connectivity index (χ0) is 18.2. The van der Waals surface area contributed by atoms with Crippen molar-refractivity contribution in [2.45, 2.75) is 100 Å². The summed E-state index contributed by atoms with van der Waals surface area (Å²) in [6.45, 7) is 21.4. The van der Waals surface area contributed by atoms with Gasteiger partial charge in [0.25, 0.3) is 0 Å². The second-order valence-corrected chi connectivity index (χ2v) is 8.43. The molecule has 0 fully saturated rings. The Morgan fingerprint density at radius 3 is 1.65 bits per heavy atom. The van der Waals surface area contributed by atoms with Crippen LogP contribution in [0.1, 0.15) is 100 Å². The highest BCUT2D eigenvalue weighted by Crippen LogP contribution is 2.26. The zero-order valence-electron chi connectivity index (χ0n) is 17.6. The average Bonchev–Trinajstić information content (AvgIpc) is 2.42. The first-order valence-corrected chi connectivity index (χ1v) is 9.84. The molecule has 0 heterocycles. The summed E-state index contributed by atoms with van der Waals surface area (Å²) < 4.78 is 10.6. The lowest BCUT2D eigenvalue weighted by Crippen LogP contribution is -2.14. The van der Waals surface area contributed by atoms with Crippen LogP contribution in [0.5, 0.6) is 0 Å². The van der Waals surface area contributed by atoms with Gasteiger partial charge >= 0.3 is 0 Å². The predicted molar refractivity (Wildman–Crippen MR) is 104 cm³/mol. The van der Waals surface area contributed by atoms with Gasteiger partial charge in [0.1, 0.15) is 0 Å². The third-order valence-corrected chi connectivity index (χ3v) is 3.97. The van der Waals surface area contributed by atoms with Gasteiger partial charge in [-0.1, -0.05) is 60.8 Å². The lowest BCUT2D eigenvalue weighted by Gasteiger charge is -2.23. The molecule has 2 heteroatoms. The van der Waals surface area contributed by atoms with Gasteiger partial charge in [-0.2, -0.15) is 0 Å². The van der Waals surface area contributed by atoms with Crippen LogP contribution >= 0.6 is 0 Å². The van der Waals surface area contributed by atoms with E-state index in [2.05, 4.69) is 48.5 Å². The molecule has 0 aliphatic carbocycles. The Bertz CT molecular complexity index is 228. The molecule has 0 bridgehead atoms. The Kier molecular flexibility index (Phi) is 16.9. The summed E-state index contributed by atoms with van der Waals surface area (Å²) in [6.07, 6.45) is 8.99. The van der Waals surface area contributed by atoms with E-state index in [1.54, 1.807) is 0 Å². The Labute approximate surface area is 147 Å². The van der Waals surface area contributed by atoms with Crippen LogP contribution in [-0.2, 0) is 9.47 Å². The predicted octanol–water partition coefficient (Wildman–Crippen LogP) is 6.87. The average molecular weight is 331 g/mol. The van der Waals surface area contributed by atoms with E-state index in [-0.39, 0.29) is 0 Å². The minimum Gasteiger partial charge on any atom is -0.382 e. The maximum atomic E-state index is 5.32. The summed E-state index contributed by atoms with van der Waals surface area (Å²) in [6, 6.07) is 0. The second kappa shape index (κ2) is 15.4. The SMILES string of the molecule is CCCC(C)(C)CCOCC.CCOCCCCCC(C)(C)C. The lowest BCUT2D eigenvalue weighted by atomic mass is 9.85. The molecule has 0 unspecified atom stereocenters. The molecule has 0 aromatic heterocycles. The molecule has 0 aromatic carbocycles. The number of rotatable bonds is 12. The van der Waals surface area contributed by atoms with E-state index < -0.39 is 0 Å². The quantitative estimate of drug-likeness (QED) is 0.363. The fourth-order valence-electron chi connectivity index (χ4n) is 2.48. The Morgan fingerprint density at radius 1 is 0.609 bits per heavy atom. The first-order chi connectivity index (χ1) is 10.7. The standard InChI is InChI=1S/C11H24O.C10H22O/c1-5-12-10-8-6-7-9-11(2,3)4;1-5-7-10(3,4)8-9-11-6-2/h5-10H2,1-4H3;5-9H2,1-4H3. The first kappa shape index (κ1) is 25.2. The van der Waals surface area contributed by atoms with Crippen LogP contribution < -0.4 is 0 Å². The summed E-state index contributed by atoms with van der Waals surface area (Å²) in [5.41, 5.74) is 0.982. The number of unbranched alkanes of at least 4 members (excludes halogenated alkanes) is 2. The maximum Gasteiger partial charge on any atom is 0.0470 e. The van der Waals surface area contributed by atoms with E-state index in [1.807, 2.05) is 6.92 Å². The van der Waals surface area contributed by atoms with Crippen molar-refractivity contribution < 1.29 is 9.47 Å². The highest BCUT2D eigenvalue weighted by molar-refractivity contribution is 4.66. The molecule has 142 valence electrons. The Balaban J connectivity index is 0. The molecule has 0 saturated heterocycles. The summed E-state index contributed by atoms with van der Waals surface area (Å²) >= 11 is 0. The summed E-state index contributed by atoms with van der Waals surface area (Å²) in [5, 5.41) is 0. The van der Waals surface area contributed by atoms with Crippen molar-refractivity contribution in [1.29, 1.82) is 0 Å². The van der Waals surface area contributed by atoms with Crippen molar-refractivity contribution in [2.24, 2.45) is 10.8 Å². The third-order valence-electron chi connectivity index (χ3n) is 3.97. The van der Waals surface area contributed by atoms with Gasteiger partial charge in [-0.3, -0.25) is 0 Å². The lowest BCUT2D eigenvalue weighted by molar-refractivity contribution is 0.111. The molecule has 0 amide bonds. The number of hydrogen-bond donors (Lipinski definition) is 0. The van der Waals surface area contributed by atoms with E-state index in [0.717, 1.165) is 26.4 Å². The minimum absolute atomic E-state index is 0.476. The van der Waals surface area contributed by atoms with Crippen LogP contribution in [-0.4, -0.2) is 26.4 Å². The number of ether oxygens (including phenoxy) is 2. The van der Waals surface area contributed by atoms with Gasteiger partial charge in [0.15, 0.2) is 0 Å². The molecule has 0 aliphatic rings. The summed E-state index contributed by atoms with van der Waals surface area (Å²) in [7, 11) is 0. The topological polar surface area (TPSA) is 18.5 Å². The van der Waals surface area contributed by atoms with E-state index in [0.29, 0.717) is 10.8 Å².